The molecule has 0 aliphatic heterocycles. The summed E-state index contributed by atoms with van der Waals surface area (Å²) >= 11 is 0. The van der Waals surface area contributed by atoms with E-state index in [2.05, 4.69) is 4.98 Å². The molecule has 12 heavy (non-hydrogen) atoms. The van der Waals surface area contributed by atoms with Crippen molar-refractivity contribution in [3.63, 3.8) is 0 Å². The van der Waals surface area contributed by atoms with E-state index in [0.29, 0.717) is 11.2 Å². The van der Waals surface area contributed by atoms with Gasteiger partial charge in [-0.15, -0.1) is 0 Å². The van der Waals surface area contributed by atoms with Gasteiger partial charge in [-0.05, 0) is 11.5 Å². The van der Waals surface area contributed by atoms with Crippen molar-refractivity contribution in [2.45, 2.75) is 0 Å². The molecule has 1 aromatic heterocycles. The van der Waals surface area contributed by atoms with Gasteiger partial charge >= 0.3 is 0 Å². The summed E-state index contributed by atoms with van der Waals surface area (Å²) < 4.78 is 0. The summed E-state index contributed by atoms with van der Waals surface area (Å²) in [7, 11) is 5.73. The maximum absolute atomic E-state index is 5.73. The van der Waals surface area contributed by atoms with Crippen LogP contribution < -0.4 is 11.2 Å². The molecule has 2 rings (SSSR count). The quantitative estimate of drug-likeness (QED) is 0.446. The lowest BCUT2D eigenvalue weighted by Crippen LogP contribution is -2.05. The van der Waals surface area contributed by atoms with Crippen LogP contribution in [0.2, 0.25) is 0 Å². The van der Waals surface area contributed by atoms with E-state index in [1.807, 2.05) is 18.2 Å². The summed E-state index contributed by atoms with van der Waals surface area (Å²) in [6.45, 7) is 0. The molecule has 0 saturated heterocycles. The van der Waals surface area contributed by atoms with E-state index in [9.17, 15) is 0 Å². The Morgan fingerprint density at radius 2 is 2.08 bits per heavy atom. The highest BCUT2D eigenvalue weighted by atomic mass is 14.7. The molecule has 0 bridgehead atoms. The van der Waals surface area contributed by atoms with E-state index in [1.54, 1.807) is 12.3 Å². The number of hydrogen-bond donors (Lipinski definition) is 1. The van der Waals surface area contributed by atoms with Crippen molar-refractivity contribution < 1.29 is 0 Å². The largest absolute Gasteiger partial charge is 0.397 e. The zero-order chi connectivity index (χ0) is 8.55. The van der Waals surface area contributed by atoms with Crippen LogP contribution >= 0.6 is 0 Å². The van der Waals surface area contributed by atoms with E-state index in [4.69, 9.17) is 13.6 Å². The number of hydrogen-bond acceptors (Lipinski definition) is 2. The summed E-state index contributed by atoms with van der Waals surface area (Å²) in [5, 5.41) is 0.914. The molecule has 56 valence electrons. The molecule has 2 N–H and O–H groups in total. The summed E-state index contributed by atoms with van der Waals surface area (Å²) in [5.74, 6) is 0. The number of fused-ring (bicyclic) bond motifs is 1. The standard InChI is InChI=1S/C9H7BN2/c10-7-4-5-12-9-6(7)2-1-3-8(9)11/h1-5H,11H2. The third-order valence-corrected chi connectivity index (χ3v) is 1.84. The Morgan fingerprint density at radius 1 is 1.25 bits per heavy atom. The normalized spacial score (nSPS) is 10.3. The molecule has 0 amide bonds. The lowest BCUT2D eigenvalue weighted by atomic mass is 9.92. The van der Waals surface area contributed by atoms with Crippen molar-refractivity contribution in [3.05, 3.63) is 30.5 Å². The Morgan fingerprint density at radius 3 is 2.83 bits per heavy atom. The number of anilines is 1. The second-order valence-corrected chi connectivity index (χ2v) is 2.64. The number of pyridine rings is 1. The molecule has 0 aliphatic carbocycles. The molecule has 0 fully saturated rings. The van der Waals surface area contributed by atoms with Crippen LogP contribution in [0.3, 0.4) is 0 Å². The highest BCUT2D eigenvalue weighted by Gasteiger charge is 1.98. The van der Waals surface area contributed by atoms with Crippen LogP contribution in [0, 0.1) is 0 Å². The molecule has 0 unspecified atom stereocenters. The second-order valence-electron chi connectivity index (χ2n) is 2.64. The fourth-order valence-electron chi connectivity index (χ4n) is 1.22. The number of nitrogens with zero attached hydrogens (tertiary/aromatic N) is 1. The summed E-state index contributed by atoms with van der Waals surface area (Å²) in [6, 6.07) is 7.36. The van der Waals surface area contributed by atoms with Crippen LogP contribution in [0.4, 0.5) is 5.69 Å². The smallest absolute Gasteiger partial charge is 0.114 e. The molecule has 0 atom stereocenters. The molecule has 0 spiro atoms. The minimum Gasteiger partial charge on any atom is -0.397 e. The molecule has 2 aromatic rings. The van der Waals surface area contributed by atoms with Gasteiger partial charge in [-0.25, -0.2) is 0 Å². The van der Waals surface area contributed by atoms with Crippen LogP contribution in [-0.2, 0) is 0 Å². The average molecular weight is 154 g/mol. The number of para-hydroxylation sites is 1. The Bertz CT molecular complexity index is 385. The van der Waals surface area contributed by atoms with E-state index >= 15 is 0 Å². The van der Waals surface area contributed by atoms with E-state index in [0.717, 1.165) is 10.9 Å². The van der Waals surface area contributed by atoms with Gasteiger partial charge in [0.05, 0.1) is 11.2 Å². The Balaban J connectivity index is 2.94. The van der Waals surface area contributed by atoms with Crippen LogP contribution in [0.5, 0.6) is 0 Å². The van der Waals surface area contributed by atoms with Crippen molar-refractivity contribution in [1.29, 1.82) is 0 Å². The summed E-state index contributed by atoms with van der Waals surface area (Å²) in [5.41, 5.74) is 7.86. The van der Waals surface area contributed by atoms with Crippen LogP contribution in [0.1, 0.15) is 0 Å². The van der Waals surface area contributed by atoms with Crippen LogP contribution in [0.25, 0.3) is 10.9 Å². The first kappa shape index (κ1) is 7.16. The van der Waals surface area contributed by atoms with Crippen molar-refractivity contribution in [1.82, 2.24) is 4.98 Å². The topological polar surface area (TPSA) is 38.9 Å². The maximum atomic E-state index is 5.73. The number of rotatable bonds is 0. The van der Waals surface area contributed by atoms with Gasteiger partial charge in [0.2, 0.25) is 0 Å². The fraction of sp³-hybridized carbons (Fsp3) is 0. The third-order valence-electron chi connectivity index (χ3n) is 1.84. The number of aromatic nitrogens is 1. The SMILES string of the molecule is [B]c1ccnc2c(N)cccc12. The number of nitrogens with two attached hydrogens (primary N) is 1. The second kappa shape index (κ2) is 2.52. The summed E-state index contributed by atoms with van der Waals surface area (Å²) in [6.07, 6.45) is 1.66. The van der Waals surface area contributed by atoms with E-state index in [-0.39, 0.29) is 0 Å². The molecular formula is C9H7BN2. The first-order chi connectivity index (χ1) is 5.79. The highest BCUT2D eigenvalue weighted by Crippen LogP contribution is 2.14. The van der Waals surface area contributed by atoms with E-state index < -0.39 is 0 Å². The molecular weight excluding hydrogens is 147 g/mol. The molecule has 0 saturated carbocycles. The highest BCUT2D eigenvalue weighted by molar-refractivity contribution is 6.38. The van der Waals surface area contributed by atoms with Crippen LogP contribution in [0.15, 0.2) is 30.5 Å². The molecule has 2 radical (unpaired) electrons. The molecule has 3 heteroatoms. The lowest BCUT2D eigenvalue weighted by Gasteiger charge is -2.02. The monoisotopic (exact) mass is 154 g/mol. The Kier molecular flexibility index (Phi) is 1.50. The van der Waals surface area contributed by atoms with E-state index in [1.165, 1.54) is 0 Å². The van der Waals surface area contributed by atoms with Gasteiger partial charge in [0.25, 0.3) is 0 Å². The predicted octanol–water partition coefficient (Wildman–Crippen LogP) is 0.611. The van der Waals surface area contributed by atoms with Gasteiger partial charge in [0.15, 0.2) is 0 Å². The minimum absolute atomic E-state index is 0.666. The Labute approximate surface area is 71.8 Å². The minimum atomic E-state index is 0.666. The molecule has 1 heterocycles. The number of benzene rings is 1. The van der Waals surface area contributed by atoms with Gasteiger partial charge in [-0.1, -0.05) is 23.7 Å². The van der Waals surface area contributed by atoms with Crippen molar-refractivity contribution in [2.24, 2.45) is 0 Å². The van der Waals surface area contributed by atoms with Gasteiger partial charge in [-0.2, -0.15) is 0 Å². The Hall–Kier alpha value is -1.51. The third kappa shape index (κ3) is 0.943. The first-order valence-electron chi connectivity index (χ1n) is 3.68. The van der Waals surface area contributed by atoms with Crippen LogP contribution in [-0.4, -0.2) is 12.8 Å². The zero-order valence-electron chi connectivity index (χ0n) is 6.49. The predicted molar refractivity (Wildman–Crippen MR) is 51.5 cm³/mol. The van der Waals surface area contributed by atoms with Gasteiger partial charge < -0.3 is 5.73 Å². The van der Waals surface area contributed by atoms with Crippen molar-refractivity contribution in [3.8, 4) is 0 Å². The summed E-state index contributed by atoms with van der Waals surface area (Å²) in [4.78, 5) is 4.14. The number of nitrogen functional groups attached to an aromatic ring is 1. The fourth-order valence-corrected chi connectivity index (χ4v) is 1.22. The molecule has 2 nitrogen and oxygen atoms in total. The van der Waals surface area contributed by atoms with Crippen molar-refractivity contribution in [2.75, 3.05) is 5.73 Å². The first-order valence-corrected chi connectivity index (χ1v) is 3.68. The molecule has 0 aliphatic rings. The molecule has 1 aromatic carbocycles. The van der Waals surface area contributed by atoms with Gasteiger partial charge in [-0.3, -0.25) is 4.98 Å². The lowest BCUT2D eigenvalue weighted by molar-refractivity contribution is 1.42. The zero-order valence-corrected chi connectivity index (χ0v) is 6.49. The van der Waals surface area contributed by atoms with Gasteiger partial charge in [0, 0.05) is 6.20 Å². The van der Waals surface area contributed by atoms with Gasteiger partial charge in [0.1, 0.15) is 7.85 Å². The van der Waals surface area contributed by atoms with Crippen molar-refractivity contribution >= 4 is 29.9 Å². The average Bonchev–Trinajstić information content (AvgIpc) is 2.07. The maximum Gasteiger partial charge on any atom is 0.114 e.